The van der Waals surface area contributed by atoms with Crippen LogP contribution in [0.3, 0.4) is 0 Å². The molecule has 2 N–H and O–H groups in total. The first-order valence-corrected chi connectivity index (χ1v) is 8.29. The molecular formula is C20H26N2O2. The number of nitrogens with zero attached hydrogens (tertiary/aromatic N) is 1. The van der Waals surface area contributed by atoms with Gasteiger partial charge in [0.15, 0.2) is 0 Å². The average Bonchev–Trinajstić information content (AvgIpc) is 2.53. The fourth-order valence-electron chi connectivity index (χ4n) is 2.37. The monoisotopic (exact) mass is 326 g/mol. The van der Waals surface area contributed by atoms with Gasteiger partial charge >= 0.3 is 0 Å². The topological polar surface area (TPSA) is 62.2 Å². The van der Waals surface area contributed by atoms with E-state index in [2.05, 4.69) is 10.3 Å². The van der Waals surface area contributed by atoms with Gasteiger partial charge in [-0.3, -0.25) is 9.78 Å². The van der Waals surface area contributed by atoms with Gasteiger partial charge in [-0.15, -0.1) is 0 Å². The molecule has 1 amide bonds. The molecule has 1 aromatic heterocycles. The molecule has 0 aliphatic rings. The van der Waals surface area contributed by atoms with E-state index in [0.717, 1.165) is 23.2 Å². The number of hydrogen-bond donors (Lipinski definition) is 2. The lowest BCUT2D eigenvalue weighted by molar-refractivity contribution is 0.0713. The van der Waals surface area contributed by atoms with Crippen LogP contribution >= 0.6 is 0 Å². The third-order valence-electron chi connectivity index (χ3n) is 4.02. The molecule has 0 aliphatic heterocycles. The third-order valence-corrected chi connectivity index (χ3v) is 4.02. The zero-order valence-corrected chi connectivity index (χ0v) is 14.8. The molecule has 0 saturated heterocycles. The zero-order chi connectivity index (χ0) is 17.7. The quantitative estimate of drug-likeness (QED) is 0.853. The van der Waals surface area contributed by atoms with E-state index in [0.29, 0.717) is 12.0 Å². The molecule has 128 valence electrons. The van der Waals surface area contributed by atoms with Crippen molar-refractivity contribution in [3.8, 4) is 0 Å². The highest BCUT2D eigenvalue weighted by Gasteiger charge is 2.14. The maximum atomic E-state index is 12.4. The van der Waals surface area contributed by atoms with Gasteiger partial charge in [-0.05, 0) is 69.9 Å². The summed E-state index contributed by atoms with van der Waals surface area (Å²) in [6, 6.07) is 11.4. The van der Waals surface area contributed by atoms with Crippen molar-refractivity contribution in [2.45, 2.75) is 52.2 Å². The first-order valence-electron chi connectivity index (χ1n) is 8.29. The molecule has 0 aliphatic carbocycles. The van der Waals surface area contributed by atoms with E-state index in [1.165, 1.54) is 0 Å². The van der Waals surface area contributed by atoms with Crippen molar-refractivity contribution in [1.29, 1.82) is 0 Å². The normalized spacial score (nSPS) is 12.7. The molecule has 0 spiro atoms. The van der Waals surface area contributed by atoms with Gasteiger partial charge in [0.1, 0.15) is 0 Å². The smallest absolute Gasteiger partial charge is 0.251 e. The molecule has 24 heavy (non-hydrogen) atoms. The largest absolute Gasteiger partial charge is 0.390 e. The molecule has 1 atom stereocenters. The summed E-state index contributed by atoms with van der Waals surface area (Å²) >= 11 is 0. The van der Waals surface area contributed by atoms with Crippen LogP contribution in [0.15, 0.2) is 42.6 Å². The Bertz CT molecular complexity index is 670. The number of benzene rings is 1. The van der Waals surface area contributed by atoms with Gasteiger partial charge < -0.3 is 10.4 Å². The second kappa shape index (κ2) is 7.58. The number of rotatable bonds is 6. The summed E-state index contributed by atoms with van der Waals surface area (Å²) in [6.07, 6.45) is 3.27. The van der Waals surface area contributed by atoms with E-state index in [4.69, 9.17) is 0 Å². The maximum Gasteiger partial charge on any atom is 0.251 e. The molecule has 0 fully saturated rings. The Balaban J connectivity index is 1.96. The highest BCUT2D eigenvalue weighted by atomic mass is 16.3. The number of pyridine rings is 1. The van der Waals surface area contributed by atoms with Crippen LogP contribution in [0.25, 0.3) is 0 Å². The number of carbonyl (C=O) groups is 1. The molecule has 4 nitrogen and oxygen atoms in total. The lowest BCUT2D eigenvalue weighted by atomic mass is 9.98. The van der Waals surface area contributed by atoms with Crippen molar-refractivity contribution in [1.82, 2.24) is 10.3 Å². The lowest BCUT2D eigenvalue weighted by Crippen LogP contribution is -2.26. The Kier molecular flexibility index (Phi) is 5.73. The fourth-order valence-corrected chi connectivity index (χ4v) is 2.37. The van der Waals surface area contributed by atoms with Crippen molar-refractivity contribution < 1.29 is 9.90 Å². The second-order valence-electron chi connectivity index (χ2n) is 6.94. The maximum absolute atomic E-state index is 12.4. The summed E-state index contributed by atoms with van der Waals surface area (Å²) in [4.78, 5) is 16.6. The number of aromatic nitrogens is 1. The van der Waals surface area contributed by atoms with E-state index < -0.39 is 5.60 Å². The summed E-state index contributed by atoms with van der Waals surface area (Å²) in [5.74, 6) is -0.0999. The second-order valence-corrected chi connectivity index (χ2v) is 6.94. The number of aliphatic hydroxyl groups is 1. The average molecular weight is 326 g/mol. The van der Waals surface area contributed by atoms with E-state index in [1.54, 1.807) is 20.0 Å². The van der Waals surface area contributed by atoms with Crippen LogP contribution in [0.5, 0.6) is 0 Å². The summed E-state index contributed by atoms with van der Waals surface area (Å²) in [7, 11) is 0. The van der Waals surface area contributed by atoms with Crippen LogP contribution in [0.2, 0.25) is 0 Å². The Hall–Kier alpha value is -2.20. The lowest BCUT2D eigenvalue weighted by Gasteiger charge is -2.17. The number of carbonyl (C=O) groups excluding carboxylic acids is 1. The van der Waals surface area contributed by atoms with Crippen molar-refractivity contribution in [2.24, 2.45) is 0 Å². The molecule has 1 aromatic carbocycles. The van der Waals surface area contributed by atoms with E-state index in [9.17, 15) is 9.90 Å². The van der Waals surface area contributed by atoms with Gasteiger partial charge in [-0.2, -0.15) is 0 Å². The van der Waals surface area contributed by atoms with Crippen LogP contribution in [-0.4, -0.2) is 21.6 Å². The van der Waals surface area contributed by atoms with Crippen molar-refractivity contribution in [3.63, 3.8) is 0 Å². The fraction of sp³-hybridized carbons (Fsp3) is 0.400. The first-order chi connectivity index (χ1) is 11.2. The van der Waals surface area contributed by atoms with Gasteiger partial charge in [0, 0.05) is 17.5 Å². The van der Waals surface area contributed by atoms with Crippen molar-refractivity contribution in [3.05, 3.63) is 65.0 Å². The Morgan fingerprint density at radius 2 is 1.88 bits per heavy atom. The number of nitrogens with one attached hydrogen (secondary N) is 1. The van der Waals surface area contributed by atoms with Crippen LogP contribution in [0.1, 0.15) is 60.4 Å². The van der Waals surface area contributed by atoms with Gasteiger partial charge in [0.05, 0.1) is 11.6 Å². The Labute approximate surface area is 143 Å². The zero-order valence-electron chi connectivity index (χ0n) is 14.8. The molecule has 2 rings (SSSR count). The van der Waals surface area contributed by atoms with E-state index in [-0.39, 0.29) is 11.9 Å². The van der Waals surface area contributed by atoms with Crippen LogP contribution in [0, 0.1) is 6.92 Å². The van der Waals surface area contributed by atoms with Gasteiger partial charge in [-0.1, -0.05) is 18.2 Å². The van der Waals surface area contributed by atoms with Gasteiger partial charge in [0.25, 0.3) is 5.91 Å². The number of hydrogen-bond acceptors (Lipinski definition) is 3. The van der Waals surface area contributed by atoms with E-state index in [1.807, 2.05) is 50.2 Å². The van der Waals surface area contributed by atoms with Crippen LogP contribution in [-0.2, 0) is 6.42 Å². The SMILES string of the molecule is Cc1ccc([C@@H](C)NC(=O)c2ccc(CCC(C)(C)O)cc2)cn1. The van der Waals surface area contributed by atoms with Gasteiger partial charge in [0.2, 0.25) is 0 Å². The molecule has 1 heterocycles. The summed E-state index contributed by atoms with van der Waals surface area (Å²) in [5, 5.41) is 12.8. The molecule has 0 radical (unpaired) electrons. The molecular weight excluding hydrogens is 300 g/mol. The summed E-state index contributed by atoms with van der Waals surface area (Å²) in [6.45, 7) is 7.49. The van der Waals surface area contributed by atoms with Crippen LogP contribution in [0.4, 0.5) is 0 Å². The van der Waals surface area contributed by atoms with Crippen molar-refractivity contribution >= 4 is 5.91 Å². The first kappa shape index (κ1) is 18.1. The van der Waals surface area contributed by atoms with Gasteiger partial charge in [-0.25, -0.2) is 0 Å². The predicted octanol–water partition coefficient (Wildman–Crippen LogP) is 3.58. The molecule has 0 saturated carbocycles. The van der Waals surface area contributed by atoms with E-state index >= 15 is 0 Å². The molecule has 4 heteroatoms. The predicted molar refractivity (Wildman–Crippen MR) is 95.9 cm³/mol. The highest BCUT2D eigenvalue weighted by molar-refractivity contribution is 5.94. The minimum atomic E-state index is -0.673. The standard InChI is InChI=1S/C20H26N2O2/c1-14-5-8-18(13-21-14)15(2)22-19(23)17-9-6-16(7-10-17)11-12-20(3,4)24/h5-10,13,15,24H,11-12H2,1-4H3,(H,22,23)/t15-/m1/s1. The summed E-state index contributed by atoms with van der Waals surface area (Å²) in [5.41, 5.74) is 3.01. The molecule has 2 aromatic rings. The Morgan fingerprint density at radius 1 is 1.21 bits per heavy atom. The van der Waals surface area contributed by atoms with Crippen molar-refractivity contribution in [2.75, 3.05) is 0 Å². The minimum Gasteiger partial charge on any atom is -0.390 e. The number of aryl methyl sites for hydroxylation is 2. The molecule has 0 unspecified atom stereocenters. The highest BCUT2D eigenvalue weighted by Crippen LogP contribution is 2.15. The third kappa shape index (κ3) is 5.46. The minimum absolute atomic E-state index is 0.0968. The number of amides is 1. The summed E-state index contributed by atoms with van der Waals surface area (Å²) < 4.78 is 0. The van der Waals surface area contributed by atoms with Crippen LogP contribution < -0.4 is 5.32 Å². The molecule has 0 bridgehead atoms. The Morgan fingerprint density at radius 3 is 2.42 bits per heavy atom.